The second-order valence-corrected chi connectivity index (χ2v) is 13.9. The van der Waals surface area contributed by atoms with Crippen LogP contribution in [-0.2, 0) is 25.3 Å². The van der Waals surface area contributed by atoms with Crippen molar-refractivity contribution in [2.24, 2.45) is 5.92 Å². The van der Waals surface area contributed by atoms with Crippen LogP contribution in [0.15, 0.2) is 84.9 Å². The molecule has 3 rings (SSSR count). The molecule has 0 unspecified atom stereocenters. The van der Waals surface area contributed by atoms with Crippen molar-refractivity contribution in [2.45, 2.75) is 32.4 Å². The van der Waals surface area contributed by atoms with Gasteiger partial charge in [0.1, 0.15) is 18.8 Å². The van der Waals surface area contributed by atoms with E-state index in [2.05, 4.69) is 69.3 Å². The Labute approximate surface area is 210 Å². The summed E-state index contributed by atoms with van der Waals surface area (Å²) in [6.07, 6.45) is 0.918. The zero-order chi connectivity index (χ0) is 25.2. The monoisotopic (exact) mass is 492 g/mol. The van der Waals surface area contributed by atoms with Crippen molar-refractivity contribution in [2.75, 3.05) is 27.1 Å². The number of benzene rings is 3. The standard InChI is InChI=1S/C29H36O5Si/c1-29(2,3)35(27-11-7-5-8-12-27,28-13-9-6-10-14-28)34-22-25(19-30)21-33-23-32-20-24-15-17-26(31-4)18-16-24/h5-19,25H,20-23H2,1-4H3/t25-/m1/s1. The van der Waals surface area contributed by atoms with Gasteiger partial charge >= 0.3 is 0 Å². The van der Waals surface area contributed by atoms with Crippen LogP contribution in [0.1, 0.15) is 26.3 Å². The second-order valence-electron chi connectivity index (χ2n) is 9.56. The first-order valence-electron chi connectivity index (χ1n) is 11.9. The summed E-state index contributed by atoms with van der Waals surface area (Å²) in [5.74, 6) is 0.418. The third kappa shape index (κ3) is 6.89. The van der Waals surface area contributed by atoms with E-state index in [4.69, 9.17) is 18.6 Å². The number of ether oxygens (including phenoxy) is 3. The fourth-order valence-electron chi connectivity index (χ4n) is 4.26. The maximum atomic E-state index is 11.9. The van der Waals surface area contributed by atoms with Gasteiger partial charge in [0, 0.05) is 6.61 Å². The Kier molecular flexibility index (Phi) is 9.80. The molecule has 5 nitrogen and oxygen atoms in total. The van der Waals surface area contributed by atoms with Crippen molar-refractivity contribution >= 4 is 25.0 Å². The molecule has 0 saturated heterocycles. The van der Waals surface area contributed by atoms with Crippen LogP contribution in [0, 0.1) is 5.92 Å². The number of carbonyl (C=O) groups excluding carboxylic acids is 1. The van der Waals surface area contributed by atoms with Gasteiger partial charge in [0.05, 0.1) is 26.2 Å². The van der Waals surface area contributed by atoms with E-state index in [1.165, 1.54) is 10.4 Å². The Morgan fingerprint density at radius 3 is 1.86 bits per heavy atom. The summed E-state index contributed by atoms with van der Waals surface area (Å²) in [5.41, 5.74) is 1.02. The average Bonchev–Trinajstić information content (AvgIpc) is 2.88. The zero-order valence-electron chi connectivity index (χ0n) is 21.1. The molecule has 0 heterocycles. The fourth-order valence-corrected chi connectivity index (χ4v) is 8.88. The predicted molar refractivity (Wildman–Crippen MR) is 142 cm³/mol. The van der Waals surface area contributed by atoms with Gasteiger partial charge in [0.15, 0.2) is 0 Å². The SMILES string of the molecule is COc1ccc(COCOC[C@@H](C=O)CO[Si](c2ccccc2)(c2ccccc2)C(C)(C)C)cc1. The molecule has 35 heavy (non-hydrogen) atoms. The predicted octanol–water partition coefficient (Wildman–Crippen LogP) is 4.58. The lowest BCUT2D eigenvalue weighted by Gasteiger charge is -2.43. The Hall–Kier alpha value is -2.77. The van der Waals surface area contributed by atoms with Crippen molar-refractivity contribution in [3.05, 3.63) is 90.5 Å². The smallest absolute Gasteiger partial charge is 0.261 e. The van der Waals surface area contributed by atoms with E-state index < -0.39 is 8.32 Å². The highest BCUT2D eigenvalue weighted by molar-refractivity contribution is 6.99. The van der Waals surface area contributed by atoms with Crippen molar-refractivity contribution < 1.29 is 23.4 Å². The van der Waals surface area contributed by atoms with Crippen LogP contribution in [0.5, 0.6) is 5.75 Å². The molecule has 186 valence electrons. The third-order valence-electron chi connectivity index (χ3n) is 6.05. The summed E-state index contributed by atoms with van der Waals surface area (Å²) in [5, 5.41) is 2.23. The first-order chi connectivity index (χ1) is 16.9. The van der Waals surface area contributed by atoms with E-state index in [1.807, 2.05) is 36.4 Å². The lowest BCUT2D eigenvalue weighted by Crippen LogP contribution is -2.67. The molecule has 3 aromatic carbocycles. The molecule has 0 saturated carbocycles. The van der Waals surface area contributed by atoms with E-state index in [0.717, 1.165) is 17.6 Å². The minimum absolute atomic E-state index is 0.107. The Balaban J connectivity index is 1.64. The van der Waals surface area contributed by atoms with Crippen LogP contribution in [-0.4, -0.2) is 41.7 Å². The highest BCUT2D eigenvalue weighted by atomic mass is 28.4. The number of carbonyl (C=O) groups is 1. The van der Waals surface area contributed by atoms with Gasteiger partial charge in [0.25, 0.3) is 8.32 Å². The van der Waals surface area contributed by atoms with Crippen LogP contribution >= 0.6 is 0 Å². The van der Waals surface area contributed by atoms with Gasteiger partial charge in [-0.3, -0.25) is 0 Å². The molecule has 0 radical (unpaired) electrons. The third-order valence-corrected chi connectivity index (χ3v) is 11.1. The van der Waals surface area contributed by atoms with Crippen LogP contribution in [0.3, 0.4) is 0 Å². The Morgan fingerprint density at radius 1 is 0.800 bits per heavy atom. The van der Waals surface area contributed by atoms with Crippen LogP contribution in [0.2, 0.25) is 5.04 Å². The van der Waals surface area contributed by atoms with Crippen LogP contribution in [0.25, 0.3) is 0 Å². The molecule has 0 fully saturated rings. The second kappa shape index (κ2) is 12.8. The maximum Gasteiger partial charge on any atom is 0.261 e. The minimum atomic E-state index is -2.69. The zero-order valence-corrected chi connectivity index (χ0v) is 22.1. The van der Waals surface area contributed by atoms with Crippen LogP contribution < -0.4 is 15.1 Å². The lowest BCUT2D eigenvalue weighted by molar-refractivity contribution is -0.118. The van der Waals surface area contributed by atoms with E-state index in [-0.39, 0.29) is 31.0 Å². The van der Waals surface area contributed by atoms with Crippen molar-refractivity contribution in [1.29, 1.82) is 0 Å². The van der Waals surface area contributed by atoms with Crippen molar-refractivity contribution in [3.63, 3.8) is 0 Å². The summed E-state index contributed by atoms with van der Waals surface area (Å²) >= 11 is 0. The number of hydrogen-bond donors (Lipinski definition) is 0. The van der Waals surface area contributed by atoms with Crippen LogP contribution in [0.4, 0.5) is 0 Å². The lowest BCUT2D eigenvalue weighted by atomic mass is 10.2. The Morgan fingerprint density at radius 2 is 1.37 bits per heavy atom. The van der Waals surface area contributed by atoms with Gasteiger partial charge in [-0.1, -0.05) is 93.6 Å². The highest BCUT2D eigenvalue weighted by Crippen LogP contribution is 2.37. The molecule has 0 aliphatic rings. The molecule has 3 aromatic rings. The van der Waals surface area contributed by atoms with E-state index in [1.54, 1.807) is 7.11 Å². The molecule has 0 spiro atoms. The highest BCUT2D eigenvalue weighted by Gasteiger charge is 2.50. The van der Waals surface area contributed by atoms with Gasteiger partial charge < -0.3 is 23.4 Å². The average molecular weight is 493 g/mol. The molecule has 0 amide bonds. The molecule has 0 aliphatic carbocycles. The molecular weight excluding hydrogens is 456 g/mol. The van der Waals surface area contributed by atoms with Gasteiger partial charge in [0.2, 0.25) is 0 Å². The van der Waals surface area contributed by atoms with Gasteiger partial charge in [-0.25, -0.2) is 0 Å². The molecular formula is C29H36O5Si. The van der Waals surface area contributed by atoms with E-state index in [9.17, 15) is 4.79 Å². The normalized spacial score (nSPS) is 12.8. The molecule has 6 heteroatoms. The molecule has 0 N–H and O–H groups in total. The number of hydrogen-bond acceptors (Lipinski definition) is 5. The molecule has 0 aromatic heterocycles. The van der Waals surface area contributed by atoms with Gasteiger partial charge in [-0.15, -0.1) is 0 Å². The Bertz CT molecular complexity index is 977. The molecule has 0 aliphatic heterocycles. The summed E-state index contributed by atoms with van der Waals surface area (Å²) in [7, 11) is -1.05. The summed E-state index contributed by atoms with van der Waals surface area (Å²) in [6, 6.07) is 28.5. The van der Waals surface area contributed by atoms with Gasteiger partial charge in [-0.05, 0) is 33.1 Å². The molecule has 1 atom stereocenters. The minimum Gasteiger partial charge on any atom is -0.497 e. The first kappa shape index (κ1) is 26.8. The fraction of sp³-hybridized carbons (Fsp3) is 0.345. The molecule has 0 bridgehead atoms. The van der Waals surface area contributed by atoms with Gasteiger partial charge in [-0.2, -0.15) is 0 Å². The van der Waals surface area contributed by atoms with Crippen molar-refractivity contribution in [1.82, 2.24) is 0 Å². The topological polar surface area (TPSA) is 54.0 Å². The summed E-state index contributed by atoms with van der Waals surface area (Å²) in [6.45, 7) is 7.72. The largest absolute Gasteiger partial charge is 0.497 e. The first-order valence-corrected chi connectivity index (χ1v) is 13.8. The van der Waals surface area contributed by atoms with E-state index >= 15 is 0 Å². The van der Waals surface area contributed by atoms with Crippen molar-refractivity contribution in [3.8, 4) is 5.75 Å². The maximum absolute atomic E-state index is 11.9. The van der Waals surface area contributed by atoms with E-state index in [0.29, 0.717) is 6.61 Å². The number of rotatable bonds is 13. The summed E-state index contributed by atoms with van der Waals surface area (Å²) in [4.78, 5) is 11.9. The number of methoxy groups -OCH3 is 1. The quantitative estimate of drug-likeness (QED) is 0.151. The summed E-state index contributed by atoms with van der Waals surface area (Å²) < 4.78 is 23.3. The number of aldehydes is 1.